The van der Waals surface area contributed by atoms with Gasteiger partial charge < -0.3 is 0 Å². The number of allylic oxidation sites excluding steroid dienone is 3. The minimum atomic E-state index is -1.47. The lowest BCUT2D eigenvalue weighted by molar-refractivity contribution is 0.504. The SMILES string of the molecule is C=CCn1c(=O)n(CC#CC[Si](C)(C)CC=C)c(=O)n(CC=C)c1=O. The van der Waals surface area contributed by atoms with E-state index in [-0.39, 0.29) is 19.6 Å². The summed E-state index contributed by atoms with van der Waals surface area (Å²) in [6.45, 7) is 15.3. The Morgan fingerprint density at radius 1 is 0.840 bits per heavy atom. The van der Waals surface area contributed by atoms with E-state index in [1.165, 1.54) is 12.2 Å². The number of hydrogen-bond donors (Lipinski definition) is 0. The van der Waals surface area contributed by atoms with Crippen LogP contribution in [0.1, 0.15) is 0 Å². The van der Waals surface area contributed by atoms with E-state index in [0.717, 1.165) is 25.8 Å². The van der Waals surface area contributed by atoms with Crippen molar-refractivity contribution in [1.82, 2.24) is 13.7 Å². The maximum atomic E-state index is 12.4. The predicted octanol–water partition coefficient (Wildman–Crippen LogP) is 1.44. The summed E-state index contributed by atoms with van der Waals surface area (Å²) in [5.41, 5.74) is -2.02. The van der Waals surface area contributed by atoms with E-state index in [1.807, 2.05) is 6.08 Å². The van der Waals surface area contributed by atoms with Crippen LogP contribution in [0.2, 0.25) is 25.2 Å². The van der Waals surface area contributed by atoms with Crippen molar-refractivity contribution in [3.05, 3.63) is 69.4 Å². The van der Waals surface area contributed by atoms with Gasteiger partial charge in [-0.25, -0.2) is 28.1 Å². The van der Waals surface area contributed by atoms with Crippen LogP contribution in [0.15, 0.2) is 52.3 Å². The zero-order valence-electron chi connectivity index (χ0n) is 15.0. The van der Waals surface area contributed by atoms with Gasteiger partial charge in [-0.2, -0.15) is 0 Å². The van der Waals surface area contributed by atoms with Crippen LogP contribution in [0.4, 0.5) is 0 Å². The first-order valence-corrected chi connectivity index (χ1v) is 11.4. The summed E-state index contributed by atoms with van der Waals surface area (Å²) in [6, 6.07) is 1.71. The zero-order valence-corrected chi connectivity index (χ0v) is 16.0. The van der Waals surface area contributed by atoms with Gasteiger partial charge in [-0.3, -0.25) is 0 Å². The van der Waals surface area contributed by atoms with Gasteiger partial charge in [-0.15, -0.1) is 25.7 Å². The third-order valence-electron chi connectivity index (χ3n) is 3.63. The predicted molar refractivity (Wildman–Crippen MR) is 105 cm³/mol. The lowest BCUT2D eigenvalue weighted by Gasteiger charge is -2.16. The standard InChI is InChI=1S/C18H25N3O3Si/c1-6-11-19-16(22)20(12-7-2)18(24)21(17(19)23)13-9-10-15-25(4,5)14-8-3/h6-8H,1-3,11-15H2,4-5H3. The van der Waals surface area contributed by atoms with Crippen LogP contribution < -0.4 is 17.1 Å². The van der Waals surface area contributed by atoms with Gasteiger partial charge in [-0.1, -0.05) is 37.2 Å². The van der Waals surface area contributed by atoms with E-state index >= 15 is 0 Å². The van der Waals surface area contributed by atoms with Gasteiger partial charge in [0.2, 0.25) is 0 Å². The molecule has 0 atom stereocenters. The minimum Gasteiger partial charge on any atom is -0.247 e. The fourth-order valence-corrected chi connectivity index (χ4v) is 3.82. The summed E-state index contributed by atoms with van der Waals surface area (Å²) in [6.07, 6.45) is 4.77. The average molecular weight is 360 g/mol. The molecule has 6 nitrogen and oxygen atoms in total. The van der Waals surface area contributed by atoms with Crippen LogP contribution in [0.5, 0.6) is 0 Å². The second-order valence-corrected chi connectivity index (χ2v) is 11.5. The lowest BCUT2D eigenvalue weighted by Crippen LogP contribution is -2.54. The first-order valence-electron chi connectivity index (χ1n) is 8.02. The van der Waals surface area contributed by atoms with Gasteiger partial charge in [0.1, 0.15) is 0 Å². The third kappa shape index (κ3) is 5.19. The molecule has 0 aliphatic heterocycles. The van der Waals surface area contributed by atoms with Gasteiger partial charge in [0.25, 0.3) is 0 Å². The molecule has 0 radical (unpaired) electrons. The second kappa shape index (κ2) is 9.04. The molecule has 0 fully saturated rings. The van der Waals surface area contributed by atoms with Crippen LogP contribution in [0.25, 0.3) is 0 Å². The molecule has 1 aromatic rings. The molecule has 0 spiro atoms. The normalized spacial score (nSPS) is 10.6. The van der Waals surface area contributed by atoms with Crippen molar-refractivity contribution in [3.8, 4) is 11.8 Å². The molecule has 0 unspecified atom stereocenters. The smallest absolute Gasteiger partial charge is 0.247 e. The highest BCUT2D eigenvalue weighted by Gasteiger charge is 2.17. The van der Waals surface area contributed by atoms with Crippen molar-refractivity contribution in [1.29, 1.82) is 0 Å². The molecule has 0 aliphatic rings. The highest BCUT2D eigenvalue weighted by Crippen LogP contribution is 2.14. The Balaban J connectivity index is 3.28. The molecule has 0 aliphatic carbocycles. The quantitative estimate of drug-likeness (QED) is 0.401. The lowest BCUT2D eigenvalue weighted by atomic mass is 10.5. The molecule has 7 heteroatoms. The number of nitrogens with zero attached hydrogens (tertiary/aromatic N) is 3. The second-order valence-electron chi connectivity index (χ2n) is 6.42. The summed E-state index contributed by atoms with van der Waals surface area (Å²) < 4.78 is 2.91. The van der Waals surface area contributed by atoms with Crippen molar-refractivity contribution >= 4 is 8.07 Å². The Hall–Kier alpha value is -2.59. The van der Waals surface area contributed by atoms with E-state index < -0.39 is 25.1 Å². The van der Waals surface area contributed by atoms with E-state index in [9.17, 15) is 14.4 Å². The first kappa shape index (κ1) is 20.5. The molecule has 0 saturated carbocycles. The maximum Gasteiger partial charge on any atom is 0.337 e. The summed E-state index contributed by atoms with van der Waals surface area (Å²) in [7, 11) is -1.47. The van der Waals surface area contributed by atoms with Crippen LogP contribution in [-0.4, -0.2) is 21.8 Å². The monoisotopic (exact) mass is 359 g/mol. The molecule has 0 N–H and O–H groups in total. The van der Waals surface area contributed by atoms with E-state index in [0.29, 0.717) is 0 Å². The molecule has 25 heavy (non-hydrogen) atoms. The van der Waals surface area contributed by atoms with Crippen LogP contribution in [0, 0.1) is 11.8 Å². The van der Waals surface area contributed by atoms with Crippen molar-refractivity contribution in [3.63, 3.8) is 0 Å². The van der Waals surface area contributed by atoms with Gasteiger partial charge in [0, 0.05) is 6.04 Å². The molecule has 0 amide bonds. The average Bonchev–Trinajstić information content (AvgIpc) is 2.54. The Kier molecular flexibility index (Phi) is 7.39. The molecule has 1 aromatic heterocycles. The molecule has 1 heterocycles. The molecule has 1 rings (SSSR count). The van der Waals surface area contributed by atoms with Gasteiger partial charge >= 0.3 is 17.1 Å². The molecule has 0 aromatic carbocycles. The van der Waals surface area contributed by atoms with Gasteiger partial charge in [0.15, 0.2) is 0 Å². The van der Waals surface area contributed by atoms with Crippen LogP contribution >= 0.6 is 0 Å². The fourth-order valence-electron chi connectivity index (χ4n) is 2.29. The Labute approximate surface area is 148 Å². The minimum absolute atomic E-state index is 0.0296. The Morgan fingerprint density at radius 2 is 1.32 bits per heavy atom. The van der Waals surface area contributed by atoms with Crippen molar-refractivity contribution in [2.75, 3.05) is 0 Å². The molecule has 0 saturated heterocycles. The van der Waals surface area contributed by atoms with Crippen molar-refractivity contribution < 1.29 is 0 Å². The Bertz CT molecular complexity index is 843. The number of rotatable bonds is 8. The zero-order chi connectivity index (χ0) is 19.0. The molecular weight excluding hydrogens is 334 g/mol. The molecule has 0 bridgehead atoms. The summed E-state index contributed by atoms with van der Waals surface area (Å²) in [5.74, 6) is 5.95. The number of aromatic nitrogens is 3. The fraction of sp³-hybridized carbons (Fsp3) is 0.389. The molecule has 134 valence electrons. The van der Waals surface area contributed by atoms with Crippen LogP contribution in [-0.2, 0) is 19.6 Å². The van der Waals surface area contributed by atoms with Crippen LogP contribution in [0.3, 0.4) is 0 Å². The first-order chi connectivity index (χ1) is 11.8. The van der Waals surface area contributed by atoms with Gasteiger partial charge in [0.05, 0.1) is 27.7 Å². The Morgan fingerprint density at radius 3 is 1.76 bits per heavy atom. The maximum absolute atomic E-state index is 12.4. The summed E-state index contributed by atoms with van der Waals surface area (Å²) in [5, 5.41) is 0. The van der Waals surface area contributed by atoms with Crippen molar-refractivity contribution in [2.24, 2.45) is 0 Å². The highest BCUT2D eigenvalue weighted by molar-refractivity contribution is 6.78. The van der Waals surface area contributed by atoms with E-state index in [1.54, 1.807) is 0 Å². The van der Waals surface area contributed by atoms with Gasteiger partial charge in [-0.05, 0) is 6.04 Å². The largest absolute Gasteiger partial charge is 0.337 e. The number of hydrogen-bond acceptors (Lipinski definition) is 3. The third-order valence-corrected chi connectivity index (χ3v) is 6.16. The van der Waals surface area contributed by atoms with Crippen molar-refractivity contribution in [2.45, 2.75) is 44.8 Å². The van der Waals surface area contributed by atoms with E-state index in [2.05, 4.69) is 44.7 Å². The topological polar surface area (TPSA) is 66.0 Å². The summed E-state index contributed by atoms with van der Waals surface area (Å²) >= 11 is 0. The summed E-state index contributed by atoms with van der Waals surface area (Å²) in [4.78, 5) is 37.1. The molecular formula is C18H25N3O3Si. The van der Waals surface area contributed by atoms with E-state index in [4.69, 9.17) is 0 Å². The highest BCUT2D eigenvalue weighted by atomic mass is 28.3.